The molecule has 0 aromatic heterocycles. The van der Waals surface area contributed by atoms with E-state index in [4.69, 9.17) is 4.74 Å². The summed E-state index contributed by atoms with van der Waals surface area (Å²) < 4.78 is 5.22. The second kappa shape index (κ2) is 6.51. The lowest BCUT2D eigenvalue weighted by Gasteiger charge is -2.58. The molecule has 0 amide bonds. The average Bonchev–Trinajstić information content (AvgIpc) is 2.96. The molecule has 4 aliphatic carbocycles. The van der Waals surface area contributed by atoms with Gasteiger partial charge in [0.05, 0.1) is 6.10 Å². The lowest BCUT2D eigenvalue weighted by atomic mass is 9.47. The van der Waals surface area contributed by atoms with Crippen LogP contribution in [0.15, 0.2) is 35.1 Å². The molecule has 150 valence electrons. The Balaban J connectivity index is 1.74. The third-order valence-electron chi connectivity index (χ3n) is 7.94. The number of fused-ring (bicyclic) bond motifs is 5. The molecule has 0 unspecified atom stereocenters. The van der Waals surface area contributed by atoms with Crippen molar-refractivity contribution in [1.29, 1.82) is 0 Å². The van der Waals surface area contributed by atoms with E-state index >= 15 is 0 Å². The highest BCUT2D eigenvalue weighted by atomic mass is 16.5. The van der Waals surface area contributed by atoms with E-state index in [0.717, 1.165) is 30.4 Å². The predicted molar refractivity (Wildman–Crippen MR) is 103 cm³/mol. The fourth-order valence-corrected chi connectivity index (χ4v) is 6.85. The minimum atomic E-state index is -0.545. The van der Waals surface area contributed by atoms with Crippen molar-refractivity contribution in [1.82, 2.24) is 0 Å². The third-order valence-corrected chi connectivity index (χ3v) is 7.94. The van der Waals surface area contributed by atoms with Crippen molar-refractivity contribution in [3.8, 4) is 0 Å². The highest BCUT2D eigenvalue weighted by Crippen LogP contribution is 2.66. The van der Waals surface area contributed by atoms with Gasteiger partial charge in [0, 0.05) is 18.3 Å². The van der Waals surface area contributed by atoms with Crippen LogP contribution < -0.4 is 0 Å². The lowest BCUT2D eigenvalue weighted by Crippen LogP contribution is -2.55. The number of carbonyl (C=O) groups is 3. The van der Waals surface area contributed by atoms with Crippen molar-refractivity contribution in [2.75, 3.05) is 0 Å². The molecule has 0 aromatic rings. The van der Waals surface area contributed by atoms with Crippen molar-refractivity contribution in [2.24, 2.45) is 28.6 Å². The first-order chi connectivity index (χ1) is 13.2. The number of carbonyl (C=O) groups excluding carboxylic acids is 3. The molecule has 5 heteroatoms. The maximum atomic E-state index is 11.9. The van der Waals surface area contributed by atoms with Crippen LogP contribution in [0.25, 0.3) is 0 Å². The molecule has 4 rings (SSSR count). The summed E-state index contributed by atoms with van der Waals surface area (Å²) in [5.74, 6) is 0.357. The summed E-state index contributed by atoms with van der Waals surface area (Å²) in [6.45, 7) is 5.56. The Hall–Kier alpha value is -2.01. The summed E-state index contributed by atoms with van der Waals surface area (Å²) in [5, 5.41) is 11.3. The summed E-state index contributed by atoms with van der Waals surface area (Å²) in [4.78, 5) is 34.9. The van der Waals surface area contributed by atoms with Crippen LogP contribution in [-0.2, 0) is 19.1 Å². The molecule has 0 aliphatic heterocycles. The molecule has 3 fully saturated rings. The van der Waals surface area contributed by atoms with Gasteiger partial charge in [-0.1, -0.05) is 25.5 Å². The van der Waals surface area contributed by atoms with Gasteiger partial charge in [0.25, 0.3) is 0 Å². The molecular formula is C23H28O5. The Morgan fingerprint density at radius 1 is 1.29 bits per heavy atom. The molecule has 6 atom stereocenters. The molecule has 0 heterocycles. The summed E-state index contributed by atoms with van der Waals surface area (Å²) >= 11 is 0. The van der Waals surface area contributed by atoms with E-state index in [-0.39, 0.29) is 28.3 Å². The molecule has 0 bridgehead atoms. The summed E-state index contributed by atoms with van der Waals surface area (Å²) in [5.41, 5.74) is 1.36. The van der Waals surface area contributed by atoms with Gasteiger partial charge in [-0.05, 0) is 67.1 Å². The number of esters is 1. The largest absolute Gasteiger partial charge is 0.423 e. The number of aliphatic hydroxyl groups is 1. The molecule has 1 N–H and O–H groups in total. The Morgan fingerprint density at radius 3 is 2.71 bits per heavy atom. The molecular weight excluding hydrogens is 356 g/mol. The Kier molecular flexibility index (Phi) is 4.49. The summed E-state index contributed by atoms with van der Waals surface area (Å²) in [6.07, 6.45) is 9.45. The van der Waals surface area contributed by atoms with Crippen molar-refractivity contribution < 1.29 is 24.2 Å². The molecule has 3 saturated carbocycles. The number of rotatable bonds is 2. The minimum absolute atomic E-state index is 0.0316. The standard InChI is InChI=1S/C23H28O5/c1-13(25)28-20(12-24)18-7-6-17-16-5-4-14-10-15(26)8-9-22(14,2)21(16)19(27)11-23(17,18)3/h8-10,12,16-17,19,21,27H,4-7,11H2,1-3H3/b20-18+/t16-,17-,19-,21+,22-,23-/m0/s1. The van der Waals surface area contributed by atoms with Crippen LogP contribution in [0.2, 0.25) is 0 Å². The van der Waals surface area contributed by atoms with Crippen LogP contribution in [0.5, 0.6) is 0 Å². The predicted octanol–water partition coefficient (Wildman–Crippen LogP) is 3.28. The number of ketones is 1. The quantitative estimate of drug-likeness (QED) is 0.342. The molecule has 5 nitrogen and oxygen atoms in total. The second-order valence-corrected chi connectivity index (χ2v) is 9.30. The fourth-order valence-electron chi connectivity index (χ4n) is 6.85. The van der Waals surface area contributed by atoms with Crippen LogP contribution in [0.3, 0.4) is 0 Å². The van der Waals surface area contributed by atoms with Gasteiger partial charge in [-0.25, -0.2) is 0 Å². The molecule has 0 radical (unpaired) electrons. The lowest BCUT2D eigenvalue weighted by molar-refractivity contribution is -0.139. The second-order valence-electron chi connectivity index (χ2n) is 9.30. The number of hydrogen-bond acceptors (Lipinski definition) is 5. The first kappa shape index (κ1) is 19.3. The van der Waals surface area contributed by atoms with E-state index in [9.17, 15) is 19.5 Å². The molecule has 4 aliphatic rings. The smallest absolute Gasteiger partial charge is 0.308 e. The highest BCUT2D eigenvalue weighted by molar-refractivity contribution is 6.01. The van der Waals surface area contributed by atoms with E-state index in [2.05, 4.69) is 13.8 Å². The van der Waals surface area contributed by atoms with Crippen LogP contribution >= 0.6 is 0 Å². The SMILES string of the molecule is CC(=O)O/C(C=O)=C1\CC[C@H]2[C@@H]3CCC4=CC(=O)C=C[C@]4(C)[C@H]3[C@@H](O)C[C@]12C. The maximum absolute atomic E-state index is 11.9. The van der Waals surface area contributed by atoms with Crippen molar-refractivity contribution in [2.45, 2.75) is 59.0 Å². The van der Waals surface area contributed by atoms with E-state index in [0.29, 0.717) is 31.0 Å². The van der Waals surface area contributed by atoms with E-state index in [1.807, 2.05) is 6.08 Å². The van der Waals surface area contributed by atoms with Gasteiger partial charge in [0.2, 0.25) is 0 Å². The van der Waals surface area contributed by atoms with E-state index in [1.165, 1.54) is 6.92 Å². The van der Waals surface area contributed by atoms with E-state index < -0.39 is 12.1 Å². The van der Waals surface area contributed by atoms with Crippen LogP contribution in [0.1, 0.15) is 52.9 Å². The molecule has 0 aromatic carbocycles. The van der Waals surface area contributed by atoms with Crippen LogP contribution in [0.4, 0.5) is 0 Å². The molecule has 0 saturated heterocycles. The molecule has 28 heavy (non-hydrogen) atoms. The minimum Gasteiger partial charge on any atom is -0.423 e. The maximum Gasteiger partial charge on any atom is 0.308 e. The van der Waals surface area contributed by atoms with Crippen LogP contribution in [-0.4, -0.2) is 29.2 Å². The number of aliphatic hydroxyl groups excluding tert-OH is 1. The zero-order valence-electron chi connectivity index (χ0n) is 16.7. The van der Waals surface area contributed by atoms with Gasteiger partial charge in [0.15, 0.2) is 17.8 Å². The van der Waals surface area contributed by atoms with Crippen molar-refractivity contribution >= 4 is 18.0 Å². The fraction of sp³-hybridized carbons (Fsp3) is 0.609. The topological polar surface area (TPSA) is 80.7 Å². The normalized spacial score (nSPS) is 43.4. The van der Waals surface area contributed by atoms with E-state index in [1.54, 1.807) is 12.2 Å². The number of allylic oxidation sites excluding steroid dienone is 6. The van der Waals surface area contributed by atoms with Gasteiger partial charge in [-0.15, -0.1) is 0 Å². The number of hydrogen-bond donors (Lipinski definition) is 1. The molecule has 0 spiro atoms. The summed E-state index contributed by atoms with van der Waals surface area (Å²) in [6, 6.07) is 0. The highest BCUT2D eigenvalue weighted by Gasteiger charge is 2.60. The third kappa shape index (κ3) is 2.66. The Bertz CT molecular complexity index is 834. The number of ether oxygens (including phenoxy) is 1. The van der Waals surface area contributed by atoms with Gasteiger partial charge < -0.3 is 9.84 Å². The van der Waals surface area contributed by atoms with Crippen molar-refractivity contribution in [3.05, 3.63) is 35.1 Å². The number of aldehydes is 1. The Labute approximate surface area is 165 Å². The van der Waals surface area contributed by atoms with Crippen LogP contribution in [0, 0.1) is 28.6 Å². The first-order valence-corrected chi connectivity index (χ1v) is 10.2. The monoisotopic (exact) mass is 384 g/mol. The zero-order valence-corrected chi connectivity index (χ0v) is 16.7. The van der Waals surface area contributed by atoms with Gasteiger partial charge in [0.1, 0.15) is 0 Å². The Morgan fingerprint density at radius 2 is 2.04 bits per heavy atom. The first-order valence-electron chi connectivity index (χ1n) is 10.2. The average molecular weight is 384 g/mol. The van der Waals surface area contributed by atoms with Crippen molar-refractivity contribution in [3.63, 3.8) is 0 Å². The zero-order chi connectivity index (χ0) is 20.3. The summed E-state index contributed by atoms with van der Waals surface area (Å²) in [7, 11) is 0. The van der Waals surface area contributed by atoms with Gasteiger partial charge in [-0.3, -0.25) is 14.4 Å². The van der Waals surface area contributed by atoms with Gasteiger partial charge >= 0.3 is 5.97 Å². The van der Waals surface area contributed by atoms with Gasteiger partial charge in [-0.2, -0.15) is 0 Å².